The Kier molecular flexibility index (Phi) is 4.94. The zero-order valence-electron chi connectivity index (χ0n) is 10.6. The lowest BCUT2D eigenvalue weighted by Gasteiger charge is -2.29. The van der Waals surface area contributed by atoms with Gasteiger partial charge in [0.05, 0.1) is 17.5 Å². The van der Waals surface area contributed by atoms with Gasteiger partial charge in [-0.1, -0.05) is 13.3 Å². The van der Waals surface area contributed by atoms with Crippen molar-refractivity contribution < 1.29 is 13.2 Å². The van der Waals surface area contributed by atoms with Crippen molar-refractivity contribution in [2.45, 2.75) is 45.2 Å². The summed E-state index contributed by atoms with van der Waals surface area (Å²) in [5.74, 6) is 0.141. The molecule has 1 amide bonds. The number of amides is 1. The van der Waals surface area contributed by atoms with Crippen LogP contribution in [-0.2, 0) is 14.6 Å². The van der Waals surface area contributed by atoms with E-state index in [2.05, 4.69) is 0 Å². The van der Waals surface area contributed by atoms with Crippen molar-refractivity contribution in [2.24, 2.45) is 5.73 Å². The number of nitrogens with zero attached hydrogens (tertiary/aromatic N) is 1. The number of unbranched alkanes of at least 4 members (excludes halogenated alkanes) is 1. The van der Waals surface area contributed by atoms with Crippen LogP contribution >= 0.6 is 0 Å². The van der Waals surface area contributed by atoms with E-state index in [0.717, 1.165) is 12.8 Å². The quantitative estimate of drug-likeness (QED) is 0.764. The van der Waals surface area contributed by atoms with E-state index in [4.69, 9.17) is 5.73 Å². The molecule has 1 aliphatic rings. The normalized spacial score (nSPS) is 24.5. The van der Waals surface area contributed by atoms with Crippen LogP contribution in [0.5, 0.6) is 0 Å². The maximum Gasteiger partial charge on any atom is 0.239 e. The standard InChI is InChI=1S/C11H22N2O3S/c1-3-4-6-13(11(14)9(2)12)10-5-7-17(15,16)8-10/h9-10H,3-8,12H2,1-2H3. The van der Waals surface area contributed by atoms with Gasteiger partial charge in [0.1, 0.15) is 0 Å². The lowest BCUT2D eigenvalue weighted by molar-refractivity contribution is -0.134. The highest BCUT2D eigenvalue weighted by Crippen LogP contribution is 2.19. The van der Waals surface area contributed by atoms with Crippen LogP contribution in [-0.4, -0.2) is 49.4 Å². The van der Waals surface area contributed by atoms with Crippen LogP contribution in [0.25, 0.3) is 0 Å². The lowest BCUT2D eigenvalue weighted by Crippen LogP contribution is -2.48. The van der Waals surface area contributed by atoms with E-state index >= 15 is 0 Å². The van der Waals surface area contributed by atoms with Crippen LogP contribution in [0.3, 0.4) is 0 Å². The molecule has 2 N–H and O–H groups in total. The van der Waals surface area contributed by atoms with Crippen molar-refractivity contribution in [1.29, 1.82) is 0 Å². The summed E-state index contributed by atoms with van der Waals surface area (Å²) in [4.78, 5) is 13.6. The fraction of sp³-hybridized carbons (Fsp3) is 0.909. The van der Waals surface area contributed by atoms with Crippen LogP contribution in [0.15, 0.2) is 0 Å². The predicted molar refractivity (Wildman–Crippen MR) is 67.3 cm³/mol. The molecule has 1 saturated heterocycles. The Bertz CT molecular complexity index is 365. The third-order valence-corrected chi connectivity index (χ3v) is 4.82. The Balaban J connectivity index is 2.73. The maximum atomic E-state index is 12.0. The first-order valence-electron chi connectivity index (χ1n) is 6.14. The molecule has 2 atom stereocenters. The van der Waals surface area contributed by atoms with Crippen LogP contribution in [0.1, 0.15) is 33.1 Å². The highest BCUT2D eigenvalue weighted by atomic mass is 32.2. The van der Waals surface area contributed by atoms with Gasteiger partial charge in [-0.2, -0.15) is 0 Å². The largest absolute Gasteiger partial charge is 0.337 e. The van der Waals surface area contributed by atoms with Gasteiger partial charge in [0.2, 0.25) is 5.91 Å². The molecule has 0 radical (unpaired) electrons. The molecule has 1 rings (SSSR count). The maximum absolute atomic E-state index is 12.0. The zero-order chi connectivity index (χ0) is 13.1. The summed E-state index contributed by atoms with van der Waals surface area (Å²) in [6.45, 7) is 4.29. The molecular formula is C11H22N2O3S. The Labute approximate surface area is 103 Å². The van der Waals surface area contributed by atoms with Gasteiger partial charge in [0.15, 0.2) is 9.84 Å². The number of carbonyl (C=O) groups is 1. The number of sulfone groups is 1. The average Bonchev–Trinajstić information content (AvgIpc) is 2.59. The van der Waals surface area contributed by atoms with Gasteiger partial charge in [0.25, 0.3) is 0 Å². The molecular weight excluding hydrogens is 240 g/mol. The topological polar surface area (TPSA) is 80.5 Å². The van der Waals surface area contributed by atoms with Crippen molar-refractivity contribution in [3.05, 3.63) is 0 Å². The van der Waals surface area contributed by atoms with Crippen molar-refractivity contribution in [2.75, 3.05) is 18.1 Å². The first kappa shape index (κ1) is 14.4. The molecule has 1 fully saturated rings. The summed E-state index contributed by atoms with van der Waals surface area (Å²) in [6.07, 6.45) is 2.40. The van der Waals surface area contributed by atoms with Crippen molar-refractivity contribution in [1.82, 2.24) is 4.90 Å². The van der Waals surface area contributed by atoms with Gasteiger partial charge in [-0.25, -0.2) is 8.42 Å². The second-order valence-electron chi connectivity index (χ2n) is 4.73. The Morgan fingerprint density at radius 1 is 1.53 bits per heavy atom. The minimum Gasteiger partial charge on any atom is -0.337 e. The summed E-state index contributed by atoms with van der Waals surface area (Å²) < 4.78 is 22.9. The third kappa shape index (κ3) is 3.96. The summed E-state index contributed by atoms with van der Waals surface area (Å²) >= 11 is 0. The minimum atomic E-state index is -2.96. The van der Waals surface area contributed by atoms with Gasteiger partial charge < -0.3 is 10.6 Å². The van der Waals surface area contributed by atoms with E-state index < -0.39 is 15.9 Å². The molecule has 0 aliphatic carbocycles. The van der Waals surface area contributed by atoms with E-state index in [0.29, 0.717) is 13.0 Å². The molecule has 5 nitrogen and oxygen atoms in total. The number of rotatable bonds is 5. The van der Waals surface area contributed by atoms with Gasteiger partial charge in [0, 0.05) is 12.6 Å². The number of nitrogens with two attached hydrogens (primary N) is 1. The number of hydrogen-bond donors (Lipinski definition) is 1. The Hall–Kier alpha value is -0.620. The lowest BCUT2D eigenvalue weighted by atomic mass is 10.1. The minimum absolute atomic E-state index is 0.0924. The number of hydrogen-bond acceptors (Lipinski definition) is 4. The fourth-order valence-electron chi connectivity index (χ4n) is 2.08. The van der Waals surface area contributed by atoms with E-state index in [1.54, 1.807) is 11.8 Å². The van der Waals surface area contributed by atoms with Crippen LogP contribution in [0.2, 0.25) is 0 Å². The Morgan fingerprint density at radius 2 is 2.18 bits per heavy atom. The van der Waals surface area contributed by atoms with Gasteiger partial charge in [-0.3, -0.25) is 4.79 Å². The van der Waals surface area contributed by atoms with E-state index in [1.165, 1.54) is 0 Å². The molecule has 0 spiro atoms. The highest BCUT2D eigenvalue weighted by molar-refractivity contribution is 7.91. The summed E-state index contributed by atoms with van der Waals surface area (Å²) in [5, 5.41) is 0. The molecule has 0 aromatic rings. The highest BCUT2D eigenvalue weighted by Gasteiger charge is 2.34. The molecule has 1 aliphatic heterocycles. The predicted octanol–water partition coefficient (Wildman–Crippen LogP) is 0.149. The van der Waals surface area contributed by atoms with Crippen molar-refractivity contribution in [3.8, 4) is 0 Å². The third-order valence-electron chi connectivity index (χ3n) is 3.07. The molecule has 6 heteroatoms. The fourth-order valence-corrected chi connectivity index (χ4v) is 3.81. The van der Waals surface area contributed by atoms with Crippen LogP contribution in [0.4, 0.5) is 0 Å². The molecule has 0 aromatic heterocycles. The zero-order valence-corrected chi connectivity index (χ0v) is 11.4. The first-order valence-corrected chi connectivity index (χ1v) is 7.96. The van der Waals surface area contributed by atoms with Gasteiger partial charge in [-0.15, -0.1) is 0 Å². The molecule has 0 bridgehead atoms. The molecule has 100 valence electrons. The monoisotopic (exact) mass is 262 g/mol. The van der Waals surface area contributed by atoms with E-state index in [9.17, 15) is 13.2 Å². The second kappa shape index (κ2) is 5.82. The van der Waals surface area contributed by atoms with Crippen LogP contribution in [0, 0.1) is 0 Å². The first-order chi connectivity index (χ1) is 7.87. The van der Waals surface area contributed by atoms with Crippen molar-refractivity contribution >= 4 is 15.7 Å². The smallest absolute Gasteiger partial charge is 0.239 e. The Morgan fingerprint density at radius 3 is 2.59 bits per heavy atom. The van der Waals surface area contributed by atoms with E-state index in [-0.39, 0.29) is 23.5 Å². The molecule has 0 saturated carbocycles. The van der Waals surface area contributed by atoms with E-state index in [1.807, 2.05) is 6.92 Å². The summed E-state index contributed by atoms with van der Waals surface area (Å²) in [7, 11) is -2.96. The second-order valence-corrected chi connectivity index (χ2v) is 6.96. The number of carbonyl (C=O) groups excluding carboxylic acids is 1. The van der Waals surface area contributed by atoms with Gasteiger partial charge >= 0.3 is 0 Å². The molecule has 1 heterocycles. The molecule has 17 heavy (non-hydrogen) atoms. The van der Waals surface area contributed by atoms with Gasteiger partial charge in [-0.05, 0) is 19.8 Å². The summed E-state index contributed by atoms with van der Waals surface area (Å²) in [6, 6.07) is -0.736. The average molecular weight is 262 g/mol. The van der Waals surface area contributed by atoms with Crippen LogP contribution < -0.4 is 5.73 Å². The van der Waals surface area contributed by atoms with Crippen molar-refractivity contribution in [3.63, 3.8) is 0 Å². The SMILES string of the molecule is CCCCN(C(=O)C(C)N)C1CCS(=O)(=O)C1. The molecule has 0 aromatic carbocycles. The summed E-state index contributed by atoms with van der Waals surface area (Å²) in [5.41, 5.74) is 5.60. The molecule has 2 unspecified atom stereocenters.